The van der Waals surface area contributed by atoms with Gasteiger partial charge >= 0.3 is 11.9 Å². The van der Waals surface area contributed by atoms with Gasteiger partial charge in [0, 0.05) is 11.1 Å². The third kappa shape index (κ3) is 5.29. The molecule has 1 aliphatic rings. The lowest BCUT2D eigenvalue weighted by molar-refractivity contribution is -0.132. The van der Waals surface area contributed by atoms with E-state index in [9.17, 15) is 19.5 Å². The van der Waals surface area contributed by atoms with E-state index in [1.807, 2.05) is 30.3 Å². The van der Waals surface area contributed by atoms with Crippen LogP contribution in [-0.2, 0) is 20.9 Å². The number of aryl methyl sites for hydroxylation is 1. The first kappa shape index (κ1) is 27.6. The number of methoxy groups -OCH3 is 2. The number of amides is 1. The van der Waals surface area contributed by atoms with Crippen LogP contribution in [-0.4, -0.2) is 42.0 Å². The van der Waals surface area contributed by atoms with Crippen molar-refractivity contribution >= 4 is 39.9 Å². The average Bonchev–Trinajstić information content (AvgIpc) is 3.51. The number of para-hydroxylation sites is 1. The van der Waals surface area contributed by atoms with E-state index in [1.165, 1.54) is 19.1 Å². The minimum Gasteiger partial charge on any atom is -0.507 e. The van der Waals surface area contributed by atoms with Crippen LogP contribution in [0.3, 0.4) is 0 Å². The third-order valence-electron chi connectivity index (χ3n) is 6.62. The molecule has 208 valence electrons. The minimum atomic E-state index is -1.07. The summed E-state index contributed by atoms with van der Waals surface area (Å²) >= 11 is 0.928. The lowest BCUT2D eigenvalue weighted by Crippen LogP contribution is -2.29. The second-order valence-electron chi connectivity index (χ2n) is 9.11. The number of hydrogen-bond donors (Lipinski definition) is 1. The van der Waals surface area contributed by atoms with E-state index in [1.54, 1.807) is 55.5 Å². The predicted molar refractivity (Wildman–Crippen MR) is 153 cm³/mol. The summed E-state index contributed by atoms with van der Waals surface area (Å²) in [5, 5.41) is 11.6. The Balaban J connectivity index is 1.57. The molecule has 0 radical (unpaired) electrons. The quantitative estimate of drug-likeness (QED) is 0.129. The second-order valence-corrected chi connectivity index (χ2v) is 10.1. The molecule has 0 saturated carbocycles. The van der Waals surface area contributed by atoms with Gasteiger partial charge in [-0.15, -0.1) is 0 Å². The maximum atomic E-state index is 13.5. The molecular formula is C31H26N2O7S. The van der Waals surface area contributed by atoms with Gasteiger partial charge in [-0.05, 0) is 42.8 Å². The predicted octanol–water partition coefficient (Wildman–Crippen LogP) is 5.45. The van der Waals surface area contributed by atoms with E-state index in [0.717, 1.165) is 16.9 Å². The summed E-state index contributed by atoms with van der Waals surface area (Å²) in [4.78, 5) is 45.1. The Bertz CT molecular complexity index is 1640. The zero-order valence-corrected chi connectivity index (χ0v) is 23.3. The molecule has 1 N–H and O–H groups in total. The highest BCUT2D eigenvalue weighted by molar-refractivity contribution is 7.17. The molecule has 1 saturated heterocycles. The van der Waals surface area contributed by atoms with Crippen LogP contribution in [0.4, 0.5) is 5.13 Å². The van der Waals surface area contributed by atoms with Gasteiger partial charge in [0.2, 0.25) is 0 Å². The van der Waals surface area contributed by atoms with Crippen LogP contribution < -0.4 is 14.4 Å². The zero-order valence-electron chi connectivity index (χ0n) is 22.5. The molecule has 0 bridgehead atoms. The molecule has 1 amide bonds. The van der Waals surface area contributed by atoms with E-state index < -0.39 is 23.7 Å². The molecule has 4 aromatic rings. The lowest BCUT2D eigenvalue weighted by Gasteiger charge is -2.24. The molecular weight excluding hydrogens is 544 g/mol. The first-order chi connectivity index (χ1) is 19.8. The van der Waals surface area contributed by atoms with Crippen LogP contribution in [0.2, 0.25) is 0 Å². The fourth-order valence-corrected chi connectivity index (χ4v) is 5.60. The van der Waals surface area contributed by atoms with Gasteiger partial charge in [0.1, 0.15) is 34.8 Å². The van der Waals surface area contributed by atoms with Crippen LogP contribution in [0.15, 0.2) is 84.4 Å². The van der Waals surface area contributed by atoms with Gasteiger partial charge in [0.25, 0.3) is 5.78 Å². The Morgan fingerprint density at radius 1 is 0.976 bits per heavy atom. The standard InChI is InChI=1S/C31H26N2O7S/c1-18-28(30(37)39-3)41-31(32-18)33-25(22-11-7-8-12-23(22)38-2)24(27(35)29(33)36)26(34)20-13-15-21(16-14-20)40-17-19-9-5-4-6-10-19/h4-16,25,34H,17H2,1-3H3/b26-24+. The van der Waals surface area contributed by atoms with E-state index in [4.69, 9.17) is 14.2 Å². The highest BCUT2D eigenvalue weighted by Gasteiger charge is 2.49. The summed E-state index contributed by atoms with van der Waals surface area (Å²) < 4.78 is 16.2. The van der Waals surface area contributed by atoms with Gasteiger partial charge in [-0.1, -0.05) is 59.9 Å². The Labute approximate surface area is 240 Å². The summed E-state index contributed by atoms with van der Waals surface area (Å²) in [6.45, 7) is 1.98. The monoisotopic (exact) mass is 570 g/mol. The number of aliphatic hydroxyl groups is 1. The molecule has 9 nitrogen and oxygen atoms in total. The largest absolute Gasteiger partial charge is 0.507 e. The molecule has 2 heterocycles. The van der Waals surface area contributed by atoms with Gasteiger partial charge in [-0.2, -0.15) is 0 Å². The number of ketones is 1. The van der Waals surface area contributed by atoms with Crippen molar-refractivity contribution in [1.29, 1.82) is 0 Å². The van der Waals surface area contributed by atoms with Crippen molar-refractivity contribution in [2.45, 2.75) is 19.6 Å². The molecule has 1 atom stereocenters. The van der Waals surface area contributed by atoms with Crippen molar-refractivity contribution in [2.75, 3.05) is 19.1 Å². The van der Waals surface area contributed by atoms with E-state index in [-0.39, 0.29) is 21.3 Å². The first-order valence-electron chi connectivity index (χ1n) is 12.6. The number of rotatable bonds is 8. The Morgan fingerprint density at radius 2 is 1.66 bits per heavy atom. The molecule has 0 spiro atoms. The number of carbonyl (C=O) groups is 3. The van der Waals surface area contributed by atoms with Gasteiger partial charge in [-0.25, -0.2) is 9.78 Å². The summed E-state index contributed by atoms with van der Waals surface area (Å²) in [7, 11) is 2.72. The topological polar surface area (TPSA) is 115 Å². The Morgan fingerprint density at radius 3 is 2.34 bits per heavy atom. The molecule has 5 rings (SSSR count). The molecule has 3 aromatic carbocycles. The number of thiazole rings is 1. The fourth-order valence-electron chi connectivity index (χ4n) is 4.59. The number of ether oxygens (including phenoxy) is 3. The van der Waals surface area contributed by atoms with Crippen LogP contribution in [0, 0.1) is 6.92 Å². The zero-order chi connectivity index (χ0) is 29.1. The van der Waals surface area contributed by atoms with Crippen LogP contribution >= 0.6 is 11.3 Å². The van der Waals surface area contributed by atoms with Crippen molar-refractivity contribution in [2.24, 2.45) is 0 Å². The number of anilines is 1. The van der Waals surface area contributed by atoms with E-state index in [2.05, 4.69) is 4.98 Å². The number of aliphatic hydroxyl groups excluding tert-OH is 1. The third-order valence-corrected chi connectivity index (χ3v) is 7.75. The Kier molecular flexibility index (Phi) is 7.84. The number of Topliss-reactive ketones (excluding diaryl/α,β-unsaturated/α-hetero) is 1. The van der Waals surface area contributed by atoms with Crippen LogP contribution in [0.1, 0.15) is 38.1 Å². The number of hydrogen-bond acceptors (Lipinski definition) is 9. The molecule has 1 unspecified atom stereocenters. The molecule has 10 heteroatoms. The van der Waals surface area contributed by atoms with Gasteiger partial charge in [0.05, 0.1) is 25.5 Å². The Hall–Kier alpha value is -4.96. The molecule has 41 heavy (non-hydrogen) atoms. The lowest BCUT2D eigenvalue weighted by atomic mass is 9.94. The number of esters is 1. The number of nitrogens with zero attached hydrogens (tertiary/aromatic N) is 2. The SMILES string of the molecule is COC(=O)c1sc(N2C(=O)C(=O)/C(=C(/O)c3ccc(OCc4ccccc4)cc3)C2c2ccccc2OC)nc1C. The maximum Gasteiger partial charge on any atom is 0.350 e. The molecule has 1 aliphatic heterocycles. The summed E-state index contributed by atoms with van der Waals surface area (Å²) in [6.07, 6.45) is 0. The van der Waals surface area contributed by atoms with Crippen molar-refractivity contribution < 1.29 is 33.7 Å². The van der Waals surface area contributed by atoms with E-state index >= 15 is 0 Å². The molecule has 0 aliphatic carbocycles. The average molecular weight is 571 g/mol. The first-order valence-corrected chi connectivity index (χ1v) is 13.4. The number of carbonyl (C=O) groups excluding carboxylic acids is 3. The summed E-state index contributed by atoms with van der Waals surface area (Å²) in [5.41, 5.74) is 2.00. The van der Waals surface area contributed by atoms with Crippen molar-refractivity contribution in [1.82, 2.24) is 4.98 Å². The van der Waals surface area contributed by atoms with Crippen LogP contribution in [0.5, 0.6) is 11.5 Å². The smallest absolute Gasteiger partial charge is 0.350 e. The van der Waals surface area contributed by atoms with Gasteiger partial charge in [-0.3, -0.25) is 14.5 Å². The van der Waals surface area contributed by atoms with E-state index in [0.29, 0.717) is 34.9 Å². The summed E-state index contributed by atoms with van der Waals surface area (Å²) in [6, 6.07) is 22.1. The number of benzene rings is 3. The highest BCUT2D eigenvalue weighted by Crippen LogP contribution is 2.46. The molecule has 1 aromatic heterocycles. The summed E-state index contributed by atoms with van der Waals surface area (Å²) in [5.74, 6) is -1.78. The second kappa shape index (κ2) is 11.6. The minimum absolute atomic E-state index is 0.115. The van der Waals surface area contributed by atoms with Crippen molar-refractivity contribution in [3.8, 4) is 11.5 Å². The number of aromatic nitrogens is 1. The normalized spacial score (nSPS) is 16.1. The molecule has 1 fully saturated rings. The highest BCUT2D eigenvalue weighted by atomic mass is 32.1. The fraction of sp³-hybridized carbons (Fsp3) is 0.161. The van der Waals surface area contributed by atoms with Crippen molar-refractivity contribution in [3.63, 3.8) is 0 Å². The van der Waals surface area contributed by atoms with Crippen LogP contribution in [0.25, 0.3) is 5.76 Å². The van der Waals surface area contributed by atoms with Crippen molar-refractivity contribution in [3.05, 3.63) is 112 Å². The van der Waals surface area contributed by atoms with Gasteiger partial charge in [0.15, 0.2) is 5.13 Å². The maximum absolute atomic E-state index is 13.5. The van der Waals surface area contributed by atoms with Gasteiger partial charge < -0.3 is 19.3 Å².